The van der Waals surface area contributed by atoms with Gasteiger partial charge in [0.05, 0.1) is 29.6 Å². The van der Waals surface area contributed by atoms with Crippen LogP contribution in [0.3, 0.4) is 0 Å². The molecule has 0 radical (unpaired) electrons. The number of benzene rings is 2. The minimum Gasteiger partial charge on any atom is -0.497 e. The highest BCUT2D eigenvalue weighted by molar-refractivity contribution is 7.22. The zero-order valence-corrected chi connectivity index (χ0v) is 19.9. The molecule has 5 rings (SSSR count). The summed E-state index contributed by atoms with van der Waals surface area (Å²) in [6.07, 6.45) is 2.10. The molecule has 7 nitrogen and oxygen atoms in total. The molecule has 9 heteroatoms. The number of fused-ring (bicyclic) bond motifs is 1. The number of carbonyl (C=O) groups excluding carboxylic acids is 1. The fourth-order valence-electron chi connectivity index (χ4n) is 4.24. The number of amides is 1. The number of methoxy groups -OCH3 is 1. The number of piperidine rings is 1. The molecule has 1 saturated heterocycles. The number of hydrogen-bond donors (Lipinski definition) is 1. The number of aromatic nitrogens is 3. The molecule has 0 unspecified atom stereocenters. The Morgan fingerprint density at radius 2 is 1.85 bits per heavy atom. The summed E-state index contributed by atoms with van der Waals surface area (Å²) in [7, 11) is 1.63. The lowest BCUT2D eigenvalue weighted by atomic mass is 10.0. The van der Waals surface area contributed by atoms with Gasteiger partial charge < -0.3 is 15.0 Å². The molecular weight excluding hydrogens is 453 g/mol. The van der Waals surface area contributed by atoms with Crippen LogP contribution in [0.5, 0.6) is 5.75 Å². The lowest BCUT2D eigenvalue weighted by Gasteiger charge is -2.32. The first-order chi connectivity index (χ1) is 16.5. The predicted octanol–water partition coefficient (Wildman–Crippen LogP) is 4.27. The molecular formula is C25H26FN5O2S. The van der Waals surface area contributed by atoms with E-state index < -0.39 is 0 Å². The summed E-state index contributed by atoms with van der Waals surface area (Å²) >= 11 is 1.63. The number of hydrogen-bond acceptors (Lipinski definition) is 6. The zero-order chi connectivity index (χ0) is 23.7. The number of aryl methyl sites for hydroxylation is 1. The summed E-state index contributed by atoms with van der Waals surface area (Å²) in [5.74, 6) is 0.548. The summed E-state index contributed by atoms with van der Waals surface area (Å²) in [4.78, 5) is 19.6. The Hall–Kier alpha value is -3.46. The van der Waals surface area contributed by atoms with Gasteiger partial charge in [-0.15, -0.1) is 0 Å². The molecule has 0 bridgehead atoms. The molecule has 0 saturated carbocycles. The number of halogens is 1. The van der Waals surface area contributed by atoms with Crippen LogP contribution in [0.1, 0.15) is 24.1 Å². The minimum absolute atomic E-state index is 0.0404. The Kier molecular flexibility index (Phi) is 6.19. The molecule has 2 aromatic carbocycles. The first kappa shape index (κ1) is 22.3. The molecule has 1 fully saturated rings. The van der Waals surface area contributed by atoms with E-state index in [1.54, 1.807) is 35.3 Å². The van der Waals surface area contributed by atoms with E-state index in [0.717, 1.165) is 64.1 Å². The van der Waals surface area contributed by atoms with Crippen LogP contribution >= 0.6 is 11.3 Å². The van der Waals surface area contributed by atoms with Gasteiger partial charge >= 0.3 is 0 Å². The van der Waals surface area contributed by atoms with Crippen LogP contribution in [-0.4, -0.2) is 46.9 Å². The fourth-order valence-corrected chi connectivity index (χ4v) is 5.28. The Morgan fingerprint density at radius 3 is 2.53 bits per heavy atom. The maximum Gasteiger partial charge on any atom is 0.224 e. The first-order valence-electron chi connectivity index (χ1n) is 11.3. The van der Waals surface area contributed by atoms with Crippen LogP contribution in [0.25, 0.3) is 16.0 Å². The van der Waals surface area contributed by atoms with Crippen LogP contribution in [-0.2, 0) is 11.2 Å². The van der Waals surface area contributed by atoms with Gasteiger partial charge in [0.1, 0.15) is 11.6 Å². The van der Waals surface area contributed by atoms with Crippen LogP contribution in [0.15, 0.2) is 48.5 Å². The smallest absolute Gasteiger partial charge is 0.224 e. The highest BCUT2D eigenvalue weighted by atomic mass is 32.1. The zero-order valence-electron chi connectivity index (χ0n) is 19.1. The Bertz CT molecular complexity index is 1290. The van der Waals surface area contributed by atoms with Crippen molar-refractivity contribution in [3.8, 4) is 11.4 Å². The van der Waals surface area contributed by atoms with Crippen molar-refractivity contribution in [1.29, 1.82) is 0 Å². The van der Waals surface area contributed by atoms with Gasteiger partial charge in [-0.25, -0.2) is 9.07 Å². The third kappa shape index (κ3) is 4.61. The maximum absolute atomic E-state index is 13.3. The van der Waals surface area contributed by atoms with Crippen molar-refractivity contribution in [2.45, 2.75) is 32.2 Å². The van der Waals surface area contributed by atoms with Gasteiger partial charge in [-0.05, 0) is 61.7 Å². The van der Waals surface area contributed by atoms with Crippen molar-refractivity contribution in [1.82, 2.24) is 20.1 Å². The molecule has 1 N–H and O–H groups in total. The van der Waals surface area contributed by atoms with Gasteiger partial charge in [0.2, 0.25) is 5.91 Å². The number of thiazole rings is 1. The normalized spacial score (nSPS) is 14.5. The maximum atomic E-state index is 13.3. The van der Waals surface area contributed by atoms with Crippen molar-refractivity contribution >= 4 is 32.7 Å². The molecule has 0 spiro atoms. The molecule has 3 heterocycles. The van der Waals surface area contributed by atoms with Gasteiger partial charge in [-0.2, -0.15) is 10.1 Å². The Balaban J connectivity index is 1.21. The fraction of sp³-hybridized carbons (Fsp3) is 0.320. The first-order valence-corrected chi connectivity index (χ1v) is 12.1. The van der Waals surface area contributed by atoms with Gasteiger partial charge in [-0.1, -0.05) is 23.5 Å². The standard InChI is InChI=1S/C25H26FN5O2S/c1-16-23-24(31(29-16)20-7-5-18(26)6-8-20)28-25(34-23)30-13-11-19(12-14-30)27-22(32)15-17-3-9-21(33-2)10-4-17/h3-10,19H,11-15H2,1-2H3,(H,27,32). The van der Waals surface area contributed by atoms with Crippen molar-refractivity contribution < 1.29 is 13.9 Å². The van der Waals surface area contributed by atoms with Crippen LogP contribution < -0.4 is 15.0 Å². The van der Waals surface area contributed by atoms with Crippen molar-refractivity contribution in [2.24, 2.45) is 0 Å². The van der Waals surface area contributed by atoms with E-state index >= 15 is 0 Å². The number of nitrogens with one attached hydrogen (secondary N) is 1. The molecule has 0 aliphatic carbocycles. The highest BCUT2D eigenvalue weighted by Crippen LogP contribution is 2.33. The number of nitrogens with zero attached hydrogens (tertiary/aromatic N) is 4. The van der Waals surface area contributed by atoms with Crippen molar-refractivity contribution in [3.63, 3.8) is 0 Å². The van der Waals surface area contributed by atoms with E-state index in [1.807, 2.05) is 31.2 Å². The largest absolute Gasteiger partial charge is 0.497 e. The quantitative estimate of drug-likeness (QED) is 0.447. The van der Waals surface area contributed by atoms with Gasteiger partial charge in [0.15, 0.2) is 10.8 Å². The third-order valence-corrected chi connectivity index (χ3v) is 7.32. The average molecular weight is 480 g/mol. The van der Waals surface area contributed by atoms with Crippen LogP contribution in [0, 0.1) is 12.7 Å². The molecule has 0 atom stereocenters. The Morgan fingerprint density at radius 1 is 1.15 bits per heavy atom. The highest BCUT2D eigenvalue weighted by Gasteiger charge is 2.24. The van der Waals surface area contributed by atoms with Gasteiger partial charge in [0.25, 0.3) is 0 Å². The molecule has 1 aliphatic heterocycles. The summed E-state index contributed by atoms with van der Waals surface area (Å²) in [5, 5.41) is 8.72. The molecule has 34 heavy (non-hydrogen) atoms. The SMILES string of the molecule is COc1ccc(CC(=O)NC2CCN(c3nc4c(s3)c(C)nn4-c3ccc(F)cc3)CC2)cc1. The lowest BCUT2D eigenvalue weighted by molar-refractivity contribution is -0.121. The van der Waals surface area contributed by atoms with Crippen molar-refractivity contribution in [3.05, 3.63) is 65.6 Å². The second-order valence-corrected chi connectivity index (χ2v) is 9.45. The molecule has 4 aromatic rings. The number of anilines is 1. The van der Waals surface area contributed by atoms with E-state index in [-0.39, 0.29) is 17.8 Å². The second-order valence-electron chi connectivity index (χ2n) is 8.48. The molecule has 1 amide bonds. The number of rotatable bonds is 6. The predicted molar refractivity (Wildman–Crippen MR) is 132 cm³/mol. The van der Waals surface area contributed by atoms with E-state index in [2.05, 4.69) is 15.3 Å². The summed E-state index contributed by atoms with van der Waals surface area (Å²) < 4.78 is 21.3. The Labute approximate surface area is 201 Å². The van der Waals surface area contributed by atoms with E-state index in [0.29, 0.717) is 6.42 Å². The van der Waals surface area contributed by atoms with E-state index in [4.69, 9.17) is 9.72 Å². The molecule has 176 valence electrons. The monoisotopic (exact) mass is 479 g/mol. The average Bonchev–Trinajstić information content (AvgIpc) is 3.41. The van der Waals surface area contributed by atoms with Crippen molar-refractivity contribution in [2.75, 3.05) is 25.1 Å². The third-order valence-electron chi connectivity index (χ3n) is 6.10. The second kappa shape index (κ2) is 9.42. The summed E-state index contributed by atoms with van der Waals surface area (Å²) in [6, 6.07) is 14.0. The van der Waals surface area contributed by atoms with Gasteiger partial charge in [-0.3, -0.25) is 4.79 Å². The summed E-state index contributed by atoms with van der Waals surface area (Å²) in [6.45, 7) is 3.62. The lowest BCUT2D eigenvalue weighted by Crippen LogP contribution is -2.45. The topological polar surface area (TPSA) is 72.3 Å². The van der Waals surface area contributed by atoms with E-state index in [9.17, 15) is 9.18 Å². The summed E-state index contributed by atoms with van der Waals surface area (Å²) in [5.41, 5.74) is 3.45. The number of carbonyl (C=O) groups is 1. The van der Waals surface area contributed by atoms with Crippen LogP contribution in [0.4, 0.5) is 9.52 Å². The number of ether oxygens (including phenoxy) is 1. The molecule has 1 aliphatic rings. The van der Waals surface area contributed by atoms with Crippen LogP contribution in [0.2, 0.25) is 0 Å². The minimum atomic E-state index is -0.276. The van der Waals surface area contributed by atoms with Gasteiger partial charge in [0, 0.05) is 19.1 Å². The van der Waals surface area contributed by atoms with E-state index in [1.165, 1.54) is 12.1 Å². The molecule has 2 aromatic heterocycles.